The summed E-state index contributed by atoms with van der Waals surface area (Å²) in [6.07, 6.45) is -0.266. The van der Waals surface area contributed by atoms with Gasteiger partial charge in [-0.25, -0.2) is 4.79 Å². The number of rotatable bonds is 11. The number of carbonyl (C=O) groups excluding carboxylic acids is 2. The van der Waals surface area contributed by atoms with Gasteiger partial charge in [0.15, 0.2) is 8.32 Å². The van der Waals surface area contributed by atoms with Gasteiger partial charge in [-0.15, -0.1) is 0 Å². The Labute approximate surface area is 201 Å². The Morgan fingerprint density at radius 2 is 1.79 bits per heavy atom. The first-order valence-corrected chi connectivity index (χ1v) is 14.4. The van der Waals surface area contributed by atoms with E-state index >= 15 is 0 Å². The molecular formula is C24H34N2O7Si. The number of ether oxygens (including phenoxy) is 1. The number of aliphatic hydroxyl groups is 1. The summed E-state index contributed by atoms with van der Waals surface area (Å²) in [5.41, 5.74) is 1.14. The van der Waals surface area contributed by atoms with Gasteiger partial charge in [0, 0.05) is 18.1 Å². The van der Waals surface area contributed by atoms with Crippen molar-refractivity contribution in [1.29, 1.82) is 0 Å². The normalized spacial score (nSPS) is 22.9. The minimum absolute atomic E-state index is 0.0531. The number of esters is 1. The molecule has 2 aliphatic heterocycles. The Balaban J connectivity index is 1.73. The van der Waals surface area contributed by atoms with Gasteiger partial charge in [-0.3, -0.25) is 14.9 Å². The van der Waals surface area contributed by atoms with E-state index in [2.05, 4.69) is 20.8 Å². The van der Waals surface area contributed by atoms with Crippen molar-refractivity contribution in [2.75, 3.05) is 6.61 Å². The Hall–Kier alpha value is -2.56. The molecule has 0 spiro atoms. The lowest BCUT2D eigenvalue weighted by Crippen LogP contribution is -2.65. The summed E-state index contributed by atoms with van der Waals surface area (Å²) in [4.78, 5) is 37.9. The van der Waals surface area contributed by atoms with E-state index in [4.69, 9.17) is 9.16 Å². The molecule has 0 aromatic heterocycles. The van der Waals surface area contributed by atoms with E-state index in [9.17, 15) is 24.8 Å². The molecule has 1 aromatic carbocycles. The molecule has 1 saturated heterocycles. The van der Waals surface area contributed by atoms with Crippen LogP contribution in [0.25, 0.3) is 0 Å². The zero-order chi connectivity index (χ0) is 25.2. The third-order valence-corrected chi connectivity index (χ3v) is 12.3. The molecule has 4 atom stereocenters. The quantitative estimate of drug-likeness (QED) is 0.165. The van der Waals surface area contributed by atoms with Crippen molar-refractivity contribution in [1.82, 2.24) is 4.90 Å². The predicted molar refractivity (Wildman–Crippen MR) is 128 cm³/mol. The van der Waals surface area contributed by atoms with Crippen LogP contribution in [0, 0.1) is 22.0 Å². The van der Waals surface area contributed by atoms with Gasteiger partial charge >= 0.3 is 5.97 Å². The van der Waals surface area contributed by atoms with Gasteiger partial charge < -0.3 is 19.2 Å². The SMILES string of the molecule is CC[Si](CC)(CC)O[C@H](C)[C@H]1C(=O)N2C(C(=O)OCc3ccc([N+](=O)[O-])cc3)=C(CO)[C@H](C)[C@H]12. The van der Waals surface area contributed by atoms with Crippen LogP contribution in [0.15, 0.2) is 35.5 Å². The molecule has 0 aliphatic carbocycles. The van der Waals surface area contributed by atoms with E-state index in [0.29, 0.717) is 11.1 Å². The van der Waals surface area contributed by atoms with E-state index in [-0.39, 0.29) is 54.5 Å². The lowest BCUT2D eigenvalue weighted by atomic mass is 9.78. The summed E-state index contributed by atoms with van der Waals surface area (Å²) < 4.78 is 12.0. The maximum absolute atomic E-state index is 13.2. The van der Waals surface area contributed by atoms with E-state index in [1.807, 2.05) is 13.8 Å². The number of nitrogens with zero attached hydrogens (tertiary/aromatic N) is 2. The smallest absolute Gasteiger partial charge is 0.355 e. The van der Waals surface area contributed by atoms with Gasteiger partial charge in [-0.2, -0.15) is 0 Å². The number of carbonyl (C=O) groups is 2. The second-order valence-electron chi connectivity index (χ2n) is 9.11. The van der Waals surface area contributed by atoms with E-state index in [0.717, 1.165) is 18.1 Å². The van der Waals surface area contributed by atoms with Crippen LogP contribution in [0.4, 0.5) is 5.69 Å². The maximum atomic E-state index is 13.2. The third kappa shape index (κ3) is 4.54. The fraction of sp³-hybridized carbons (Fsp3) is 0.583. The molecule has 0 bridgehead atoms. The average molecular weight is 491 g/mol. The Bertz CT molecular complexity index is 966. The van der Waals surface area contributed by atoms with Crippen LogP contribution in [0.1, 0.15) is 40.2 Å². The van der Waals surface area contributed by atoms with Crippen molar-refractivity contribution in [3.05, 3.63) is 51.2 Å². The molecule has 9 nitrogen and oxygen atoms in total. The summed E-state index contributed by atoms with van der Waals surface area (Å²) in [7, 11) is -1.91. The van der Waals surface area contributed by atoms with Crippen LogP contribution in [-0.4, -0.2) is 53.9 Å². The lowest BCUT2D eigenvalue weighted by Gasteiger charge is -2.49. The van der Waals surface area contributed by atoms with Crippen molar-refractivity contribution >= 4 is 25.9 Å². The van der Waals surface area contributed by atoms with Gasteiger partial charge in [0.2, 0.25) is 5.91 Å². The Kier molecular flexibility index (Phi) is 7.94. The van der Waals surface area contributed by atoms with Gasteiger partial charge in [-0.05, 0) is 48.3 Å². The highest BCUT2D eigenvalue weighted by Crippen LogP contribution is 2.48. The molecule has 1 amide bonds. The molecule has 0 unspecified atom stereocenters. The number of aliphatic hydroxyl groups excluding tert-OH is 1. The second kappa shape index (κ2) is 10.4. The second-order valence-corrected chi connectivity index (χ2v) is 13.8. The maximum Gasteiger partial charge on any atom is 0.355 e. The summed E-state index contributed by atoms with van der Waals surface area (Å²) in [5, 5.41) is 20.8. The number of hydrogen-bond acceptors (Lipinski definition) is 7. The molecule has 0 saturated carbocycles. The standard InChI is InChI=1S/C24H34N2O7Si/c1-6-34(7-2,8-3)33-16(5)20-21-15(4)19(13-27)22(25(21)23(20)28)24(29)32-14-17-9-11-18(12-10-17)26(30)31/h9-12,15-16,20-21,27H,6-8,13-14H2,1-5H3/t15-,16+,20+,21+/m0/s1. The number of fused-ring (bicyclic) bond motifs is 1. The summed E-state index contributed by atoms with van der Waals surface area (Å²) >= 11 is 0. The van der Waals surface area contributed by atoms with Gasteiger partial charge in [0.25, 0.3) is 5.69 Å². The van der Waals surface area contributed by atoms with E-state index < -0.39 is 19.2 Å². The molecule has 0 radical (unpaired) electrons. The highest BCUT2D eigenvalue weighted by molar-refractivity contribution is 6.73. The Morgan fingerprint density at radius 3 is 2.29 bits per heavy atom. The lowest BCUT2D eigenvalue weighted by molar-refractivity contribution is -0.384. The molecule has 34 heavy (non-hydrogen) atoms. The van der Waals surface area contributed by atoms with Crippen LogP contribution in [0.2, 0.25) is 18.1 Å². The fourth-order valence-corrected chi connectivity index (χ4v) is 8.16. The molecule has 2 aliphatic rings. The number of non-ortho nitro benzene ring substituents is 1. The number of benzene rings is 1. The topological polar surface area (TPSA) is 119 Å². The van der Waals surface area contributed by atoms with E-state index in [1.165, 1.54) is 29.2 Å². The molecule has 1 N–H and O–H groups in total. The molecule has 2 heterocycles. The van der Waals surface area contributed by atoms with Crippen LogP contribution < -0.4 is 0 Å². The minimum atomic E-state index is -1.91. The molecule has 1 fully saturated rings. The molecule has 186 valence electrons. The average Bonchev–Trinajstić information content (AvgIpc) is 3.09. The summed E-state index contributed by atoms with van der Waals surface area (Å²) in [6, 6.07) is 8.41. The number of nitro groups is 1. The van der Waals surface area contributed by atoms with Crippen molar-refractivity contribution < 1.29 is 28.8 Å². The molecule has 3 rings (SSSR count). The first kappa shape index (κ1) is 26.0. The van der Waals surface area contributed by atoms with Crippen LogP contribution in [0.5, 0.6) is 0 Å². The number of amides is 1. The fourth-order valence-electron chi connectivity index (χ4n) is 5.23. The first-order valence-electron chi connectivity index (χ1n) is 11.9. The first-order chi connectivity index (χ1) is 16.1. The van der Waals surface area contributed by atoms with E-state index in [1.54, 1.807) is 0 Å². The van der Waals surface area contributed by atoms with Crippen molar-refractivity contribution in [3.63, 3.8) is 0 Å². The zero-order valence-corrected chi connectivity index (χ0v) is 21.4. The molecule has 10 heteroatoms. The minimum Gasteiger partial charge on any atom is -0.456 e. The number of hydrogen-bond donors (Lipinski definition) is 1. The summed E-state index contributed by atoms with van der Waals surface area (Å²) in [6.45, 7) is 9.84. The third-order valence-electron chi connectivity index (χ3n) is 7.55. The number of nitro benzene ring substituents is 1. The predicted octanol–water partition coefficient (Wildman–Crippen LogP) is 3.77. The Morgan fingerprint density at radius 1 is 1.21 bits per heavy atom. The largest absolute Gasteiger partial charge is 0.456 e. The van der Waals surface area contributed by atoms with Crippen LogP contribution >= 0.6 is 0 Å². The van der Waals surface area contributed by atoms with Gasteiger partial charge in [-0.1, -0.05) is 27.7 Å². The van der Waals surface area contributed by atoms with Crippen molar-refractivity contribution in [3.8, 4) is 0 Å². The van der Waals surface area contributed by atoms with Crippen molar-refractivity contribution in [2.24, 2.45) is 11.8 Å². The van der Waals surface area contributed by atoms with Gasteiger partial charge in [0.05, 0.1) is 29.6 Å². The van der Waals surface area contributed by atoms with Crippen LogP contribution in [-0.2, 0) is 25.4 Å². The zero-order valence-electron chi connectivity index (χ0n) is 20.4. The highest BCUT2D eigenvalue weighted by atomic mass is 28.4. The molecular weight excluding hydrogens is 456 g/mol. The number of β-lactam (4-membered cyclic amide) rings is 1. The van der Waals surface area contributed by atoms with Crippen LogP contribution in [0.3, 0.4) is 0 Å². The van der Waals surface area contributed by atoms with Gasteiger partial charge in [0.1, 0.15) is 12.3 Å². The summed E-state index contributed by atoms with van der Waals surface area (Å²) in [5.74, 6) is -1.42. The molecule has 1 aromatic rings. The highest BCUT2D eigenvalue weighted by Gasteiger charge is 2.60. The van der Waals surface area contributed by atoms with Crippen molar-refractivity contribution in [2.45, 2.75) is 71.5 Å². The monoisotopic (exact) mass is 490 g/mol.